The van der Waals surface area contributed by atoms with E-state index in [4.69, 9.17) is 0 Å². The SMILES string of the molecule is C=CCN(C=O)C1C2CCC2(C)CCC1(c1ccccc1)C(C)C. The van der Waals surface area contributed by atoms with E-state index in [1.807, 2.05) is 11.0 Å². The molecule has 0 aromatic heterocycles. The van der Waals surface area contributed by atoms with Gasteiger partial charge in [-0.1, -0.05) is 57.2 Å². The fraction of sp³-hybridized carbons (Fsp3) is 0.591. The van der Waals surface area contributed by atoms with E-state index in [1.165, 1.54) is 24.8 Å². The van der Waals surface area contributed by atoms with Crippen molar-refractivity contribution in [1.29, 1.82) is 0 Å². The molecule has 2 fully saturated rings. The van der Waals surface area contributed by atoms with Crippen molar-refractivity contribution in [2.75, 3.05) is 6.54 Å². The molecule has 24 heavy (non-hydrogen) atoms. The lowest BCUT2D eigenvalue weighted by molar-refractivity contribution is -0.140. The Labute approximate surface area is 146 Å². The maximum Gasteiger partial charge on any atom is 0.210 e. The van der Waals surface area contributed by atoms with E-state index in [1.54, 1.807) is 0 Å². The van der Waals surface area contributed by atoms with Crippen LogP contribution in [0.5, 0.6) is 0 Å². The average molecular weight is 325 g/mol. The monoisotopic (exact) mass is 325 g/mol. The maximum atomic E-state index is 12.0. The summed E-state index contributed by atoms with van der Waals surface area (Å²) >= 11 is 0. The maximum absolute atomic E-state index is 12.0. The number of fused-ring (bicyclic) bond motifs is 1. The van der Waals surface area contributed by atoms with Crippen LogP contribution >= 0.6 is 0 Å². The van der Waals surface area contributed by atoms with Crippen LogP contribution < -0.4 is 0 Å². The Balaban J connectivity index is 2.13. The molecule has 130 valence electrons. The molecule has 0 bridgehead atoms. The molecule has 2 aliphatic carbocycles. The number of carbonyl (C=O) groups excluding carboxylic acids is 1. The fourth-order valence-corrected chi connectivity index (χ4v) is 5.58. The average Bonchev–Trinajstić information content (AvgIpc) is 2.57. The lowest BCUT2D eigenvalue weighted by atomic mass is 9.44. The van der Waals surface area contributed by atoms with Gasteiger partial charge in [0.2, 0.25) is 6.41 Å². The fourth-order valence-electron chi connectivity index (χ4n) is 5.58. The molecule has 2 saturated carbocycles. The highest BCUT2D eigenvalue weighted by atomic mass is 16.1. The highest BCUT2D eigenvalue weighted by Crippen LogP contribution is 2.63. The van der Waals surface area contributed by atoms with E-state index in [2.05, 4.69) is 57.7 Å². The molecule has 0 spiro atoms. The van der Waals surface area contributed by atoms with Gasteiger partial charge in [-0.15, -0.1) is 6.58 Å². The molecule has 4 atom stereocenters. The van der Waals surface area contributed by atoms with Crippen LogP contribution in [-0.2, 0) is 10.2 Å². The van der Waals surface area contributed by atoms with Crippen LogP contribution in [0.15, 0.2) is 43.0 Å². The number of nitrogens with zero attached hydrogens (tertiary/aromatic N) is 1. The molecule has 1 aromatic carbocycles. The van der Waals surface area contributed by atoms with Crippen LogP contribution in [0.25, 0.3) is 0 Å². The Morgan fingerprint density at radius 1 is 1.25 bits per heavy atom. The van der Waals surface area contributed by atoms with Gasteiger partial charge in [0.05, 0.1) is 0 Å². The van der Waals surface area contributed by atoms with Crippen molar-refractivity contribution in [3.05, 3.63) is 48.6 Å². The Bertz CT molecular complexity index is 595. The largest absolute Gasteiger partial charge is 0.337 e. The number of hydrogen-bond donors (Lipinski definition) is 0. The number of rotatable bonds is 6. The summed E-state index contributed by atoms with van der Waals surface area (Å²) in [5.41, 5.74) is 1.84. The molecule has 2 nitrogen and oxygen atoms in total. The van der Waals surface area contributed by atoms with Crippen LogP contribution in [0.4, 0.5) is 0 Å². The van der Waals surface area contributed by atoms with E-state index >= 15 is 0 Å². The smallest absolute Gasteiger partial charge is 0.210 e. The van der Waals surface area contributed by atoms with Gasteiger partial charge >= 0.3 is 0 Å². The van der Waals surface area contributed by atoms with Gasteiger partial charge in [0, 0.05) is 18.0 Å². The summed E-state index contributed by atoms with van der Waals surface area (Å²) < 4.78 is 0. The lowest BCUT2D eigenvalue weighted by Gasteiger charge is -2.64. The summed E-state index contributed by atoms with van der Waals surface area (Å²) in [6.07, 6.45) is 7.91. The van der Waals surface area contributed by atoms with Crippen molar-refractivity contribution < 1.29 is 4.79 Å². The molecule has 2 aliphatic rings. The van der Waals surface area contributed by atoms with E-state index in [9.17, 15) is 4.79 Å². The third-order valence-corrected chi connectivity index (χ3v) is 7.11. The number of hydrogen-bond acceptors (Lipinski definition) is 1. The highest BCUT2D eigenvalue weighted by Gasteiger charge is 2.60. The van der Waals surface area contributed by atoms with Gasteiger partial charge in [-0.2, -0.15) is 0 Å². The molecule has 1 aromatic rings. The van der Waals surface area contributed by atoms with Gasteiger partial charge in [-0.05, 0) is 48.5 Å². The minimum absolute atomic E-state index is 0.0375. The molecule has 4 unspecified atom stereocenters. The van der Waals surface area contributed by atoms with Gasteiger partial charge in [-0.25, -0.2) is 0 Å². The first-order valence-corrected chi connectivity index (χ1v) is 9.37. The molecule has 0 N–H and O–H groups in total. The summed E-state index contributed by atoms with van der Waals surface area (Å²) in [5, 5.41) is 0. The Morgan fingerprint density at radius 3 is 2.46 bits per heavy atom. The van der Waals surface area contributed by atoms with Crippen LogP contribution in [0.2, 0.25) is 0 Å². The molecule has 0 heterocycles. The second-order valence-corrected chi connectivity index (χ2v) is 8.40. The topological polar surface area (TPSA) is 20.3 Å². The van der Waals surface area contributed by atoms with Crippen LogP contribution in [-0.4, -0.2) is 23.9 Å². The normalized spacial score (nSPS) is 35.0. The number of carbonyl (C=O) groups is 1. The number of benzene rings is 1. The first kappa shape index (κ1) is 17.3. The molecule has 3 rings (SSSR count). The van der Waals surface area contributed by atoms with Gasteiger partial charge in [0.1, 0.15) is 0 Å². The third kappa shape index (κ3) is 2.42. The Morgan fingerprint density at radius 2 is 1.96 bits per heavy atom. The second kappa shape index (κ2) is 6.38. The summed E-state index contributed by atoms with van der Waals surface area (Å²) in [4.78, 5) is 14.0. The Kier molecular flexibility index (Phi) is 4.59. The van der Waals surface area contributed by atoms with Crippen molar-refractivity contribution in [3.8, 4) is 0 Å². The van der Waals surface area contributed by atoms with Crippen molar-refractivity contribution in [2.24, 2.45) is 17.3 Å². The van der Waals surface area contributed by atoms with Crippen molar-refractivity contribution >= 4 is 6.41 Å². The minimum atomic E-state index is 0.0375. The van der Waals surface area contributed by atoms with Gasteiger partial charge in [0.25, 0.3) is 0 Å². The Hall–Kier alpha value is -1.57. The second-order valence-electron chi connectivity index (χ2n) is 8.40. The first-order chi connectivity index (χ1) is 11.5. The number of amides is 1. The van der Waals surface area contributed by atoms with Crippen LogP contribution in [0, 0.1) is 17.3 Å². The zero-order chi connectivity index (χ0) is 17.4. The molecule has 0 saturated heterocycles. The van der Waals surface area contributed by atoms with E-state index < -0.39 is 0 Å². The van der Waals surface area contributed by atoms with Crippen molar-refractivity contribution in [1.82, 2.24) is 4.90 Å². The molecule has 0 radical (unpaired) electrons. The lowest BCUT2D eigenvalue weighted by Crippen LogP contribution is -2.66. The summed E-state index contributed by atoms with van der Waals surface area (Å²) in [6, 6.07) is 11.2. The van der Waals surface area contributed by atoms with Gasteiger partial charge in [-0.3, -0.25) is 4.79 Å². The van der Waals surface area contributed by atoms with Gasteiger partial charge in [0.15, 0.2) is 0 Å². The standard InChI is InChI=1S/C22H31NO/c1-5-15-23(16-24)20-19-11-12-21(19,4)13-14-22(20,17(2)3)18-9-7-6-8-10-18/h5-10,16-17,19-20H,1,11-15H2,2-4H3. The minimum Gasteiger partial charge on any atom is -0.337 e. The van der Waals surface area contributed by atoms with Crippen molar-refractivity contribution in [2.45, 2.75) is 57.9 Å². The zero-order valence-electron chi connectivity index (χ0n) is 15.4. The van der Waals surface area contributed by atoms with E-state index in [-0.39, 0.29) is 11.5 Å². The van der Waals surface area contributed by atoms with Crippen LogP contribution in [0.3, 0.4) is 0 Å². The first-order valence-electron chi connectivity index (χ1n) is 9.37. The van der Waals surface area contributed by atoms with Gasteiger partial charge < -0.3 is 4.90 Å². The molecular weight excluding hydrogens is 294 g/mol. The van der Waals surface area contributed by atoms with Crippen molar-refractivity contribution in [3.63, 3.8) is 0 Å². The van der Waals surface area contributed by atoms with E-state index in [0.29, 0.717) is 23.8 Å². The summed E-state index contributed by atoms with van der Waals surface area (Å²) in [6.45, 7) is 11.6. The quantitative estimate of drug-likeness (QED) is 0.543. The summed E-state index contributed by atoms with van der Waals surface area (Å²) in [5.74, 6) is 1.08. The highest BCUT2D eigenvalue weighted by molar-refractivity contribution is 5.50. The van der Waals surface area contributed by atoms with Crippen LogP contribution in [0.1, 0.15) is 52.0 Å². The molecular formula is C22H31NO. The zero-order valence-corrected chi connectivity index (χ0v) is 15.4. The predicted molar refractivity (Wildman–Crippen MR) is 99.8 cm³/mol. The molecule has 1 amide bonds. The summed E-state index contributed by atoms with van der Waals surface area (Å²) in [7, 11) is 0. The molecule has 0 aliphatic heterocycles. The molecule has 2 heteroatoms. The predicted octanol–water partition coefficient (Wildman–Crippen LogP) is 4.80. The third-order valence-electron chi connectivity index (χ3n) is 7.11. The van der Waals surface area contributed by atoms with E-state index in [0.717, 1.165) is 12.8 Å².